The summed E-state index contributed by atoms with van der Waals surface area (Å²) in [6, 6.07) is 4.08. The Morgan fingerprint density at radius 1 is 1.38 bits per heavy atom. The average Bonchev–Trinajstić information content (AvgIpc) is 3.24. The van der Waals surface area contributed by atoms with Crippen LogP contribution in [0.25, 0.3) is 11.4 Å². The average molecular weight is 352 g/mol. The van der Waals surface area contributed by atoms with Crippen molar-refractivity contribution in [1.82, 2.24) is 19.9 Å². The largest absolute Gasteiger partial charge is 0.396 e. The second-order valence-electron chi connectivity index (χ2n) is 7.47. The van der Waals surface area contributed by atoms with E-state index in [-0.39, 0.29) is 30.0 Å². The quantitative estimate of drug-likeness (QED) is 0.915. The molecule has 2 saturated heterocycles. The number of aliphatic hydroxyl groups excluding tert-OH is 1. The van der Waals surface area contributed by atoms with Gasteiger partial charge in [0.25, 0.3) is 5.91 Å². The maximum atomic E-state index is 13.2. The summed E-state index contributed by atoms with van der Waals surface area (Å²) in [5.41, 5.74) is 1.92. The minimum absolute atomic E-state index is 0.00323. The molecule has 26 heavy (non-hydrogen) atoms. The topological polar surface area (TPSA) is 79.2 Å². The van der Waals surface area contributed by atoms with E-state index >= 15 is 0 Å². The molecule has 2 aromatic rings. The van der Waals surface area contributed by atoms with E-state index in [1.54, 1.807) is 18.6 Å². The molecule has 6 heteroatoms. The normalized spacial score (nSPS) is 27.1. The molecule has 4 heterocycles. The number of amides is 1. The van der Waals surface area contributed by atoms with Gasteiger partial charge in [-0.25, -0.2) is 9.97 Å². The van der Waals surface area contributed by atoms with Crippen molar-refractivity contribution in [2.24, 2.45) is 5.41 Å². The number of aliphatic hydroxyl groups is 1. The fraction of sp³-hybridized carbons (Fsp3) is 0.500. The third kappa shape index (κ3) is 2.51. The molecule has 0 radical (unpaired) electrons. The molecule has 2 aromatic heterocycles. The van der Waals surface area contributed by atoms with Gasteiger partial charge in [-0.05, 0) is 44.7 Å². The third-order valence-electron chi connectivity index (χ3n) is 6.23. The lowest BCUT2D eigenvalue weighted by Crippen LogP contribution is -2.42. The van der Waals surface area contributed by atoms with Crippen molar-refractivity contribution in [3.05, 3.63) is 42.0 Å². The van der Waals surface area contributed by atoms with Crippen molar-refractivity contribution in [3.63, 3.8) is 0 Å². The standard InChI is InChI=1S/C20H24N4O2/c1-3-20(12-25)9-15-6-7-17(20)24(15)19(26)16-11-22-18(23-13(16)2)14-5-4-8-21-10-14/h4-5,8,10-11,15,17,25H,3,6-7,9,12H2,1-2H3/t15-,17+,20-/m1/s1. The van der Waals surface area contributed by atoms with Gasteiger partial charge in [0.1, 0.15) is 0 Å². The molecule has 1 amide bonds. The number of pyridine rings is 1. The smallest absolute Gasteiger partial charge is 0.257 e. The summed E-state index contributed by atoms with van der Waals surface area (Å²) in [5, 5.41) is 9.96. The first-order valence-electron chi connectivity index (χ1n) is 9.27. The molecule has 3 atom stereocenters. The number of aromatic nitrogens is 3. The van der Waals surface area contributed by atoms with E-state index in [4.69, 9.17) is 0 Å². The molecule has 0 saturated carbocycles. The Bertz CT molecular complexity index is 820. The summed E-state index contributed by atoms with van der Waals surface area (Å²) in [4.78, 5) is 28.3. The third-order valence-corrected chi connectivity index (χ3v) is 6.23. The fourth-order valence-electron chi connectivity index (χ4n) is 4.71. The first-order chi connectivity index (χ1) is 12.6. The molecule has 0 spiro atoms. The van der Waals surface area contributed by atoms with Crippen LogP contribution in [0.1, 0.15) is 48.7 Å². The Morgan fingerprint density at radius 2 is 2.23 bits per heavy atom. The number of nitrogens with zero attached hydrogens (tertiary/aromatic N) is 4. The van der Waals surface area contributed by atoms with Gasteiger partial charge in [0.05, 0.1) is 17.9 Å². The molecular weight excluding hydrogens is 328 g/mol. The molecule has 4 rings (SSSR count). The molecule has 1 N–H and O–H groups in total. The lowest BCUT2D eigenvalue weighted by Gasteiger charge is -2.34. The highest BCUT2D eigenvalue weighted by atomic mass is 16.3. The Labute approximate surface area is 153 Å². The number of rotatable bonds is 4. The minimum atomic E-state index is -0.150. The van der Waals surface area contributed by atoms with Crippen LogP contribution in [-0.4, -0.2) is 49.6 Å². The van der Waals surface area contributed by atoms with E-state index in [9.17, 15) is 9.90 Å². The van der Waals surface area contributed by atoms with Gasteiger partial charge in [-0.1, -0.05) is 6.92 Å². The maximum absolute atomic E-state index is 13.2. The summed E-state index contributed by atoms with van der Waals surface area (Å²) in [6.07, 6.45) is 8.84. The second kappa shape index (κ2) is 6.43. The highest BCUT2D eigenvalue weighted by Crippen LogP contribution is 2.51. The van der Waals surface area contributed by atoms with Crippen molar-refractivity contribution >= 4 is 5.91 Å². The van der Waals surface area contributed by atoms with E-state index in [2.05, 4.69) is 21.9 Å². The summed E-state index contributed by atoms with van der Waals surface area (Å²) < 4.78 is 0. The first kappa shape index (κ1) is 17.1. The Hall–Kier alpha value is -2.34. The van der Waals surface area contributed by atoms with Crippen molar-refractivity contribution in [1.29, 1.82) is 0 Å². The van der Waals surface area contributed by atoms with Gasteiger partial charge in [-0.15, -0.1) is 0 Å². The molecule has 6 nitrogen and oxygen atoms in total. The molecule has 0 aliphatic carbocycles. The number of carbonyl (C=O) groups excluding carboxylic acids is 1. The van der Waals surface area contributed by atoms with Crippen LogP contribution in [0.3, 0.4) is 0 Å². The zero-order valence-corrected chi connectivity index (χ0v) is 15.2. The lowest BCUT2D eigenvalue weighted by molar-refractivity contribution is 0.0556. The van der Waals surface area contributed by atoms with Gasteiger partial charge >= 0.3 is 0 Å². The number of hydrogen-bond donors (Lipinski definition) is 1. The van der Waals surface area contributed by atoms with E-state index in [0.717, 1.165) is 31.2 Å². The Kier molecular flexibility index (Phi) is 4.23. The number of aryl methyl sites for hydroxylation is 1. The molecular formula is C20H24N4O2. The van der Waals surface area contributed by atoms with Gasteiger partial charge in [-0.3, -0.25) is 9.78 Å². The van der Waals surface area contributed by atoms with Gasteiger partial charge in [-0.2, -0.15) is 0 Å². The predicted molar refractivity (Wildman–Crippen MR) is 97.4 cm³/mol. The van der Waals surface area contributed by atoms with Crippen molar-refractivity contribution < 1.29 is 9.90 Å². The van der Waals surface area contributed by atoms with E-state index in [1.165, 1.54) is 0 Å². The van der Waals surface area contributed by atoms with Crippen LogP contribution in [0.5, 0.6) is 0 Å². The molecule has 2 aliphatic heterocycles. The highest BCUT2D eigenvalue weighted by molar-refractivity contribution is 5.96. The van der Waals surface area contributed by atoms with Crippen LogP contribution in [0.2, 0.25) is 0 Å². The van der Waals surface area contributed by atoms with Crippen LogP contribution in [-0.2, 0) is 0 Å². The van der Waals surface area contributed by atoms with Crippen LogP contribution in [0.15, 0.2) is 30.7 Å². The zero-order valence-electron chi connectivity index (χ0n) is 15.2. The summed E-state index contributed by atoms with van der Waals surface area (Å²) in [7, 11) is 0. The minimum Gasteiger partial charge on any atom is -0.396 e. The number of carbonyl (C=O) groups is 1. The van der Waals surface area contributed by atoms with Crippen LogP contribution in [0.4, 0.5) is 0 Å². The molecule has 0 aromatic carbocycles. The molecule has 2 bridgehead atoms. The fourth-order valence-corrected chi connectivity index (χ4v) is 4.71. The summed E-state index contributed by atoms with van der Waals surface area (Å²) >= 11 is 0. The SMILES string of the molecule is CC[C@]1(CO)C[C@H]2CC[C@@H]1N2C(=O)c1cnc(-c2cccnc2)nc1C. The van der Waals surface area contributed by atoms with Crippen molar-refractivity contribution in [3.8, 4) is 11.4 Å². The number of fused-ring (bicyclic) bond motifs is 2. The van der Waals surface area contributed by atoms with E-state index < -0.39 is 0 Å². The first-order valence-corrected chi connectivity index (χ1v) is 9.27. The van der Waals surface area contributed by atoms with Gasteiger partial charge in [0, 0.05) is 41.7 Å². The molecule has 136 valence electrons. The monoisotopic (exact) mass is 352 g/mol. The molecule has 0 unspecified atom stereocenters. The lowest BCUT2D eigenvalue weighted by atomic mass is 9.72. The molecule has 2 aliphatic rings. The van der Waals surface area contributed by atoms with Crippen molar-refractivity contribution in [2.45, 2.75) is 51.6 Å². The second-order valence-corrected chi connectivity index (χ2v) is 7.47. The number of hydrogen-bond acceptors (Lipinski definition) is 5. The van der Waals surface area contributed by atoms with Gasteiger partial charge < -0.3 is 10.0 Å². The van der Waals surface area contributed by atoms with Gasteiger partial charge in [0.2, 0.25) is 0 Å². The van der Waals surface area contributed by atoms with E-state index in [0.29, 0.717) is 17.1 Å². The summed E-state index contributed by atoms with van der Waals surface area (Å²) in [5.74, 6) is 0.575. The van der Waals surface area contributed by atoms with Crippen LogP contribution >= 0.6 is 0 Å². The van der Waals surface area contributed by atoms with Gasteiger partial charge in [0.15, 0.2) is 5.82 Å². The van der Waals surface area contributed by atoms with E-state index in [1.807, 2.05) is 24.0 Å². The summed E-state index contributed by atoms with van der Waals surface area (Å²) in [6.45, 7) is 4.10. The molecule has 2 fully saturated rings. The zero-order chi connectivity index (χ0) is 18.3. The Balaban J connectivity index is 1.63. The van der Waals surface area contributed by atoms with Crippen molar-refractivity contribution in [2.75, 3.05) is 6.61 Å². The predicted octanol–water partition coefficient (Wildman–Crippen LogP) is 2.61. The van der Waals surface area contributed by atoms with Crippen LogP contribution < -0.4 is 0 Å². The Morgan fingerprint density at radius 3 is 2.85 bits per heavy atom. The highest BCUT2D eigenvalue weighted by Gasteiger charge is 2.56. The maximum Gasteiger partial charge on any atom is 0.257 e. The van der Waals surface area contributed by atoms with Crippen LogP contribution in [0, 0.1) is 12.3 Å².